The molecule has 0 bridgehead atoms. The van der Waals surface area contributed by atoms with Crippen molar-refractivity contribution in [1.29, 1.82) is 0 Å². The highest BCUT2D eigenvalue weighted by atomic mass is 79.9. The van der Waals surface area contributed by atoms with Crippen LogP contribution in [-0.4, -0.2) is 13.4 Å². The summed E-state index contributed by atoms with van der Waals surface area (Å²) >= 11 is 3.32. The van der Waals surface area contributed by atoms with E-state index in [0.717, 1.165) is 15.8 Å². The van der Waals surface area contributed by atoms with Gasteiger partial charge in [0.15, 0.2) is 0 Å². The molecule has 0 saturated carbocycles. The van der Waals surface area contributed by atoms with Crippen LogP contribution in [0.2, 0.25) is 0 Å². The molecular formula is C8H7BrN2. The van der Waals surface area contributed by atoms with Crippen molar-refractivity contribution >= 4 is 40.7 Å². The lowest BCUT2D eigenvalue weighted by Crippen LogP contribution is -1.67. The van der Waals surface area contributed by atoms with Gasteiger partial charge in [0.1, 0.15) is 0 Å². The second-order valence-corrected chi connectivity index (χ2v) is 2.86. The van der Waals surface area contributed by atoms with Crippen molar-refractivity contribution in [2.24, 2.45) is 9.98 Å². The maximum Gasteiger partial charge on any atom is 0.0889 e. The molecule has 0 aliphatic carbocycles. The molecule has 1 aromatic carbocycles. The Morgan fingerprint density at radius 2 is 1.73 bits per heavy atom. The second kappa shape index (κ2) is 3.44. The average molecular weight is 211 g/mol. The highest BCUT2D eigenvalue weighted by molar-refractivity contribution is 9.10. The van der Waals surface area contributed by atoms with Gasteiger partial charge < -0.3 is 0 Å². The minimum atomic E-state index is 0.745. The van der Waals surface area contributed by atoms with Gasteiger partial charge in [-0.2, -0.15) is 0 Å². The fourth-order valence-electron chi connectivity index (χ4n) is 0.757. The molecule has 0 N–H and O–H groups in total. The predicted octanol–water partition coefficient (Wildman–Crippen LogP) is 3.11. The summed E-state index contributed by atoms with van der Waals surface area (Å²) in [6.07, 6.45) is 0. The van der Waals surface area contributed by atoms with E-state index in [1.807, 2.05) is 18.2 Å². The molecule has 1 rings (SSSR count). The Balaban J connectivity index is 3.26. The van der Waals surface area contributed by atoms with E-state index in [-0.39, 0.29) is 0 Å². The molecule has 0 unspecified atom stereocenters. The first-order chi connectivity index (χ1) is 5.27. The van der Waals surface area contributed by atoms with Crippen molar-refractivity contribution in [2.45, 2.75) is 0 Å². The Bertz CT molecular complexity index is 294. The van der Waals surface area contributed by atoms with Crippen LogP contribution in [0.4, 0.5) is 11.4 Å². The molecule has 0 atom stereocenters. The summed E-state index contributed by atoms with van der Waals surface area (Å²) in [6.45, 7) is 6.84. The van der Waals surface area contributed by atoms with Gasteiger partial charge >= 0.3 is 0 Å². The highest BCUT2D eigenvalue weighted by Crippen LogP contribution is 2.29. The molecule has 0 fully saturated rings. The van der Waals surface area contributed by atoms with Crippen LogP contribution >= 0.6 is 15.9 Å². The van der Waals surface area contributed by atoms with Crippen LogP contribution in [0.3, 0.4) is 0 Å². The average Bonchev–Trinajstić information content (AvgIpc) is 2.04. The molecule has 0 amide bonds. The van der Waals surface area contributed by atoms with E-state index in [0.29, 0.717) is 0 Å². The third-order valence-corrected chi connectivity index (χ3v) is 1.77. The Kier molecular flexibility index (Phi) is 2.54. The molecule has 0 aliphatic rings. The minimum Gasteiger partial charge on any atom is -0.262 e. The van der Waals surface area contributed by atoms with Crippen molar-refractivity contribution in [2.75, 3.05) is 0 Å². The first-order valence-electron chi connectivity index (χ1n) is 3.01. The van der Waals surface area contributed by atoms with Crippen LogP contribution in [0.5, 0.6) is 0 Å². The fourth-order valence-corrected chi connectivity index (χ4v) is 1.11. The van der Waals surface area contributed by atoms with Crippen molar-refractivity contribution < 1.29 is 0 Å². The maximum atomic E-state index is 3.79. The number of hydrogen-bond acceptors (Lipinski definition) is 2. The largest absolute Gasteiger partial charge is 0.262 e. The first-order valence-corrected chi connectivity index (χ1v) is 3.80. The number of rotatable bonds is 2. The maximum absolute atomic E-state index is 3.79. The summed E-state index contributed by atoms with van der Waals surface area (Å²) in [5.74, 6) is 0. The van der Waals surface area contributed by atoms with Crippen LogP contribution in [0, 0.1) is 0 Å². The van der Waals surface area contributed by atoms with Gasteiger partial charge in [-0.05, 0) is 31.6 Å². The van der Waals surface area contributed by atoms with Crippen LogP contribution in [0.15, 0.2) is 32.7 Å². The molecule has 3 heteroatoms. The predicted molar refractivity (Wildman–Crippen MR) is 52.6 cm³/mol. The monoisotopic (exact) mass is 210 g/mol. The molecule has 0 aliphatic heterocycles. The zero-order valence-corrected chi connectivity index (χ0v) is 7.50. The highest BCUT2D eigenvalue weighted by Gasteiger charge is 1.97. The number of aliphatic imine (C=N–C) groups is 2. The van der Waals surface area contributed by atoms with E-state index in [4.69, 9.17) is 0 Å². The number of hydrogen-bond donors (Lipinski definition) is 0. The summed E-state index contributed by atoms with van der Waals surface area (Å²) < 4.78 is 0.965. The zero-order chi connectivity index (χ0) is 8.27. The van der Waals surface area contributed by atoms with E-state index in [1.165, 1.54) is 0 Å². The van der Waals surface area contributed by atoms with Crippen molar-refractivity contribution in [3.05, 3.63) is 22.7 Å². The normalized spacial score (nSPS) is 9.18. The molecule has 0 spiro atoms. The Hall–Kier alpha value is -0.960. The van der Waals surface area contributed by atoms with Crippen molar-refractivity contribution in [1.82, 2.24) is 0 Å². The van der Waals surface area contributed by atoms with Gasteiger partial charge in [0.25, 0.3) is 0 Å². The van der Waals surface area contributed by atoms with Crippen LogP contribution in [-0.2, 0) is 0 Å². The van der Waals surface area contributed by atoms with Crippen LogP contribution < -0.4 is 0 Å². The lowest BCUT2D eigenvalue weighted by Gasteiger charge is -1.98. The van der Waals surface area contributed by atoms with Gasteiger partial charge in [-0.15, -0.1) is 0 Å². The topological polar surface area (TPSA) is 24.7 Å². The molecule has 11 heavy (non-hydrogen) atoms. The van der Waals surface area contributed by atoms with E-state index in [9.17, 15) is 0 Å². The minimum absolute atomic E-state index is 0.745. The van der Waals surface area contributed by atoms with Gasteiger partial charge in [0, 0.05) is 4.47 Å². The van der Waals surface area contributed by atoms with E-state index >= 15 is 0 Å². The van der Waals surface area contributed by atoms with Gasteiger partial charge in [0.05, 0.1) is 11.4 Å². The van der Waals surface area contributed by atoms with Gasteiger partial charge in [0.2, 0.25) is 0 Å². The number of nitrogens with zero attached hydrogens (tertiary/aromatic N) is 2. The Morgan fingerprint density at radius 3 is 2.27 bits per heavy atom. The van der Waals surface area contributed by atoms with Crippen molar-refractivity contribution in [3.8, 4) is 0 Å². The third kappa shape index (κ3) is 1.74. The molecular weight excluding hydrogens is 204 g/mol. The summed E-state index contributed by atoms with van der Waals surface area (Å²) in [4.78, 5) is 7.57. The van der Waals surface area contributed by atoms with Crippen LogP contribution in [0.25, 0.3) is 0 Å². The first kappa shape index (κ1) is 8.14. The van der Waals surface area contributed by atoms with E-state index < -0.39 is 0 Å². The number of halogens is 1. The van der Waals surface area contributed by atoms with Crippen molar-refractivity contribution in [3.63, 3.8) is 0 Å². The van der Waals surface area contributed by atoms with Crippen LogP contribution in [0.1, 0.15) is 0 Å². The van der Waals surface area contributed by atoms with E-state index in [1.54, 1.807) is 0 Å². The summed E-state index contributed by atoms with van der Waals surface area (Å²) in [7, 11) is 0. The zero-order valence-electron chi connectivity index (χ0n) is 5.92. The lowest BCUT2D eigenvalue weighted by atomic mass is 10.3. The summed E-state index contributed by atoms with van der Waals surface area (Å²) in [6, 6.07) is 5.57. The van der Waals surface area contributed by atoms with Gasteiger partial charge in [-0.3, -0.25) is 9.98 Å². The fraction of sp³-hybridized carbons (Fsp3) is 0. The molecule has 0 heterocycles. The molecule has 0 aromatic heterocycles. The Labute approximate surface area is 73.8 Å². The van der Waals surface area contributed by atoms with Gasteiger partial charge in [-0.25, -0.2) is 0 Å². The molecule has 56 valence electrons. The van der Waals surface area contributed by atoms with E-state index in [2.05, 4.69) is 39.3 Å². The molecule has 0 saturated heterocycles. The lowest BCUT2D eigenvalue weighted by molar-refractivity contribution is 1.46. The third-order valence-electron chi connectivity index (χ3n) is 1.28. The summed E-state index contributed by atoms with van der Waals surface area (Å²) in [5.41, 5.74) is 1.50. The quantitative estimate of drug-likeness (QED) is 0.671. The standard InChI is InChI=1S/C8H7BrN2/c1-10-7-4-3-6(9)5-8(7)11-2/h3-5H,1-2H2. The molecule has 1 aromatic rings. The SMILES string of the molecule is C=Nc1ccc(Br)cc1N=C. The summed E-state index contributed by atoms with van der Waals surface area (Å²) in [5, 5.41) is 0. The molecule has 2 nitrogen and oxygen atoms in total. The number of benzene rings is 1. The second-order valence-electron chi connectivity index (χ2n) is 1.95. The smallest absolute Gasteiger partial charge is 0.0889 e. The Morgan fingerprint density at radius 1 is 1.09 bits per heavy atom. The molecule has 0 radical (unpaired) electrons. The van der Waals surface area contributed by atoms with Gasteiger partial charge in [-0.1, -0.05) is 15.9 Å².